The van der Waals surface area contributed by atoms with Crippen molar-refractivity contribution in [2.75, 3.05) is 0 Å². The van der Waals surface area contributed by atoms with Crippen molar-refractivity contribution in [1.29, 1.82) is 0 Å². The molecule has 3 heterocycles. The summed E-state index contributed by atoms with van der Waals surface area (Å²) < 4.78 is 3.07. The van der Waals surface area contributed by atoms with Crippen LogP contribution in [0, 0.1) is 6.92 Å². The molecule has 0 saturated heterocycles. The van der Waals surface area contributed by atoms with Gasteiger partial charge in [-0.05, 0) is 59.2 Å². The fraction of sp³-hybridized carbons (Fsp3) is 0.219. The molecule has 0 fully saturated rings. The van der Waals surface area contributed by atoms with Crippen molar-refractivity contribution < 1.29 is 0 Å². The number of nitrogens with one attached hydrogen (secondary N) is 1. The van der Waals surface area contributed by atoms with Gasteiger partial charge in [-0.25, -0.2) is 4.98 Å². The Morgan fingerprint density at radius 2 is 1.73 bits per heavy atom. The van der Waals surface area contributed by atoms with Gasteiger partial charge in [0.2, 0.25) is 5.82 Å². The minimum atomic E-state index is 0.0580. The number of H-pyrrole nitrogens is 1. The molecule has 3 aromatic heterocycles. The SMILES string of the molecule is CCCCc1nc(C)n(Cc2cc3ccccc3s2)c(=O)c1Cc1ccc(-c2ccccc2-c2nn[nH]n2)cc1. The van der Waals surface area contributed by atoms with Gasteiger partial charge in [-0.3, -0.25) is 9.36 Å². The van der Waals surface area contributed by atoms with Crippen LogP contribution in [0.25, 0.3) is 32.6 Å². The van der Waals surface area contributed by atoms with Gasteiger partial charge in [-0.1, -0.05) is 80.1 Å². The molecule has 6 rings (SSSR count). The highest BCUT2D eigenvalue weighted by Gasteiger charge is 2.17. The molecule has 0 radical (unpaired) electrons. The van der Waals surface area contributed by atoms with Crippen LogP contribution in [0.3, 0.4) is 0 Å². The summed E-state index contributed by atoms with van der Waals surface area (Å²) in [6.45, 7) is 4.65. The first-order valence-electron chi connectivity index (χ1n) is 13.6. The van der Waals surface area contributed by atoms with Crippen molar-refractivity contribution in [1.82, 2.24) is 30.2 Å². The van der Waals surface area contributed by atoms with Gasteiger partial charge in [0, 0.05) is 27.1 Å². The third-order valence-electron chi connectivity index (χ3n) is 7.26. The maximum Gasteiger partial charge on any atom is 0.257 e. The summed E-state index contributed by atoms with van der Waals surface area (Å²) in [5, 5.41) is 15.8. The molecule has 40 heavy (non-hydrogen) atoms. The highest BCUT2D eigenvalue weighted by molar-refractivity contribution is 7.19. The molecule has 0 bridgehead atoms. The Balaban J connectivity index is 1.33. The standard InChI is InChI=1S/C32H30N6OS/c1-3-4-12-29-28(32(39)38(21(2)33-29)20-25-19-24-9-5-8-13-30(24)40-25)18-22-14-16-23(17-15-22)26-10-6-7-11-27(26)31-34-36-37-35-31/h5-11,13-17,19H,3-4,12,18,20H2,1-2H3,(H,34,35,36,37). The number of benzene rings is 3. The first-order valence-corrected chi connectivity index (χ1v) is 14.4. The first kappa shape index (κ1) is 25.8. The Hall–Kier alpha value is -4.43. The molecule has 6 aromatic rings. The summed E-state index contributed by atoms with van der Waals surface area (Å²) in [6, 6.07) is 26.9. The van der Waals surface area contributed by atoms with Gasteiger partial charge in [0.05, 0.1) is 12.2 Å². The van der Waals surface area contributed by atoms with Crippen molar-refractivity contribution in [2.24, 2.45) is 0 Å². The number of nitrogens with zero attached hydrogens (tertiary/aromatic N) is 5. The highest BCUT2D eigenvalue weighted by Crippen LogP contribution is 2.30. The second-order valence-electron chi connectivity index (χ2n) is 9.98. The lowest BCUT2D eigenvalue weighted by molar-refractivity contribution is 0.667. The van der Waals surface area contributed by atoms with E-state index in [1.54, 1.807) is 11.3 Å². The van der Waals surface area contributed by atoms with Crippen molar-refractivity contribution >= 4 is 21.4 Å². The number of fused-ring (bicyclic) bond motifs is 1. The molecule has 3 aromatic carbocycles. The van der Waals surface area contributed by atoms with Crippen LogP contribution in [0.15, 0.2) is 83.7 Å². The molecule has 0 spiro atoms. The van der Waals surface area contributed by atoms with Crippen LogP contribution in [0.4, 0.5) is 0 Å². The molecule has 0 saturated carbocycles. The number of aromatic amines is 1. The summed E-state index contributed by atoms with van der Waals surface area (Å²) in [5.74, 6) is 1.33. The topological polar surface area (TPSA) is 89.4 Å². The largest absolute Gasteiger partial charge is 0.291 e. The summed E-state index contributed by atoms with van der Waals surface area (Å²) in [7, 11) is 0. The summed E-state index contributed by atoms with van der Waals surface area (Å²) in [6.07, 6.45) is 3.41. The van der Waals surface area contributed by atoms with Crippen LogP contribution in [0.2, 0.25) is 0 Å². The Bertz CT molecular complexity index is 1790. The van der Waals surface area contributed by atoms with Gasteiger partial charge in [0.25, 0.3) is 5.56 Å². The maximum atomic E-state index is 14.0. The summed E-state index contributed by atoms with van der Waals surface area (Å²) in [5.41, 5.74) is 5.85. The second-order valence-corrected chi connectivity index (χ2v) is 11.2. The fourth-order valence-electron chi connectivity index (χ4n) is 5.15. The van der Waals surface area contributed by atoms with Crippen LogP contribution in [-0.4, -0.2) is 30.2 Å². The predicted octanol–water partition coefficient (Wildman–Crippen LogP) is 6.60. The van der Waals surface area contributed by atoms with Gasteiger partial charge in [0.15, 0.2) is 0 Å². The van der Waals surface area contributed by atoms with Crippen molar-refractivity contribution in [2.45, 2.75) is 46.1 Å². The Morgan fingerprint density at radius 3 is 2.48 bits per heavy atom. The zero-order valence-corrected chi connectivity index (χ0v) is 23.4. The van der Waals surface area contributed by atoms with E-state index in [9.17, 15) is 4.79 Å². The average molecular weight is 547 g/mol. The van der Waals surface area contributed by atoms with Gasteiger partial charge < -0.3 is 0 Å². The minimum Gasteiger partial charge on any atom is -0.291 e. The van der Waals surface area contributed by atoms with Gasteiger partial charge >= 0.3 is 0 Å². The highest BCUT2D eigenvalue weighted by atomic mass is 32.1. The number of tetrazole rings is 1. The van der Waals surface area contributed by atoms with Crippen LogP contribution in [-0.2, 0) is 19.4 Å². The molecule has 0 atom stereocenters. The normalized spacial score (nSPS) is 11.3. The quantitative estimate of drug-likeness (QED) is 0.221. The van der Waals surface area contributed by atoms with E-state index in [1.165, 1.54) is 10.1 Å². The third kappa shape index (κ3) is 5.22. The molecule has 0 aliphatic carbocycles. The molecular weight excluding hydrogens is 516 g/mol. The Labute approximate surface area is 236 Å². The minimum absolute atomic E-state index is 0.0580. The molecule has 0 unspecified atom stereocenters. The summed E-state index contributed by atoms with van der Waals surface area (Å²) >= 11 is 1.73. The number of hydrogen-bond donors (Lipinski definition) is 1. The number of hydrogen-bond acceptors (Lipinski definition) is 6. The van der Waals surface area contributed by atoms with E-state index >= 15 is 0 Å². The average Bonchev–Trinajstić information content (AvgIpc) is 3.66. The van der Waals surface area contributed by atoms with E-state index in [0.29, 0.717) is 18.8 Å². The van der Waals surface area contributed by atoms with Gasteiger partial charge in [0.1, 0.15) is 5.82 Å². The van der Waals surface area contributed by atoms with E-state index in [-0.39, 0.29) is 5.56 Å². The number of aryl methyl sites for hydroxylation is 2. The van der Waals surface area contributed by atoms with E-state index in [4.69, 9.17) is 4.98 Å². The van der Waals surface area contributed by atoms with Crippen LogP contribution < -0.4 is 5.56 Å². The predicted molar refractivity (Wildman–Crippen MR) is 161 cm³/mol. The molecule has 1 N–H and O–H groups in total. The van der Waals surface area contributed by atoms with Gasteiger partial charge in [-0.15, -0.1) is 21.5 Å². The van der Waals surface area contributed by atoms with E-state index in [0.717, 1.165) is 63.5 Å². The van der Waals surface area contributed by atoms with Crippen LogP contribution >= 0.6 is 11.3 Å². The van der Waals surface area contributed by atoms with E-state index in [1.807, 2.05) is 35.8 Å². The lowest BCUT2D eigenvalue weighted by atomic mass is 9.96. The molecule has 200 valence electrons. The Morgan fingerprint density at radius 1 is 0.950 bits per heavy atom. The second kappa shape index (κ2) is 11.4. The zero-order valence-electron chi connectivity index (χ0n) is 22.6. The smallest absolute Gasteiger partial charge is 0.257 e. The third-order valence-corrected chi connectivity index (χ3v) is 8.36. The van der Waals surface area contributed by atoms with E-state index < -0.39 is 0 Å². The molecular formula is C32H30N6OS. The number of aromatic nitrogens is 6. The monoisotopic (exact) mass is 546 g/mol. The molecule has 0 aliphatic heterocycles. The maximum absolute atomic E-state index is 14.0. The summed E-state index contributed by atoms with van der Waals surface area (Å²) in [4.78, 5) is 20.1. The Kier molecular flexibility index (Phi) is 7.33. The van der Waals surface area contributed by atoms with E-state index in [2.05, 4.69) is 82.1 Å². The van der Waals surface area contributed by atoms with Crippen LogP contribution in [0.1, 0.15) is 47.3 Å². The number of unbranched alkanes of at least 4 members (excludes halogenated alkanes) is 1. The lowest BCUT2D eigenvalue weighted by Gasteiger charge is -2.15. The van der Waals surface area contributed by atoms with Crippen molar-refractivity contribution in [3.8, 4) is 22.5 Å². The number of thiophene rings is 1. The molecule has 0 amide bonds. The molecule has 8 heteroatoms. The zero-order chi connectivity index (χ0) is 27.5. The van der Waals surface area contributed by atoms with Crippen molar-refractivity contribution in [3.05, 3.63) is 117 Å². The van der Waals surface area contributed by atoms with Crippen LogP contribution in [0.5, 0.6) is 0 Å². The molecule has 0 aliphatic rings. The van der Waals surface area contributed by atoms with Gasteiger partial charge in [-0.2, -0.15) is 5.21 Å². The number of rotatable bonds is 9. The lowest BCUT2D eigenvalue weighted by Crippen LogP contribution is -2.29. The fourth-order valence-corrected chi connectivity index (χ4v) is 6.21. The first-order chi connectivity index (χ1) is 19.6. The van der Waals surface area contributed by atoms with Crippen molar-refractivity contribution in [3.63, 3.8) is 0 Å². The molecule has 7 nitrogen and oxygen atoms in total.